The van der Waals surface area contributed by atoms with Crippen molar-refractivity contribution in [2.45, 2.75) is 37.0 Å². The summed E-state index contributed by atoms with van der Waals surface area (Å²) in [6.07, 6.45) is 3.56. The maximum atomic E-state index is 13.5. The van der Waals surface area contributed by atoms with E-state index >= 15 is 0 Å². The zero-order valence-corrected chi connectivity index (χ0v) is 17.9. The minimum atomic E-state index is -0.385. The summed E-state index contributed by atoms with van der Waals surface area (Å²) in [4.78, 5) is 19.9. The van der Waals surface area contributed by atoms with Crippen LogP contribution in [0.1, 0.15) is 43.1 Å². The molecule has 1 aromatic heterocycles. The Bertz CT molecular complexity index is 1080. The Morgan fingerprint density at radius 1 is 1.20 bits per heavy atom. The molecule has 0 radical (unpaired) electrons. The summed E-state index contributed by atoms with van der Waals surface area (Å²) in [7, 11) is 0. The summed E-state index contributed by atoms with van der Waals surface area (Å²) in [5.74, 6) is 0.746. The van der Waals surface area contributed by atoms with Crippen molar-refractivity contribution in [3.8, 4) is 11.4 Å². The van der Waals surface area contributed by atoms with E-state index in [-0.39, 0.29) is 23.1 Å². The Balaban J connectivity index is 1.33. The summed E-state index contributed by atoms with van der Waals surface area (Å²) in [6, 6.07) is 14.2. The van der Waals surface area contributed by atoms with Crippen LogP contribution in [0.25, 0.3) is 11.4 Å². The highest BCUT2D eigenvalue weighted by Gasteiger charge is 2.53. The van der Waals surface area contributed by atoms with Crippen LogP contribution in [-0.2, 0) is 10.2 Å². The molecule has 2 fully saturated rings. The van der Waals surface area contributed by atoms with Gasteiger partial charge in [0.15, 0.2) is 0 Å². The quantitative estimate of drug-likeness (QED) is 0.534. The molecular formula is C23H21BrFN3O2. The van der Waals surface area contributed by atoms with Gasteiger partial charge in [0.05, 0.1) is 11.3 Å². The van der Waals surface area contributed by atoms with E-state index in [0.29, 0.717) is 23.8 Å². The van der Waals surface area contributed by atoms with E-state index < -0.39 is 0 Å². The van der Waals surface area contributed by atoms with Gasteiger partial charge in [-0.15, -0.1) is 0 Å². The van der Waals surface area contributed by atoms with E-state index in [1.54, 1.807) is 12.1 Å². The zero-order chi connectivity index (χ0) is 20.7. The lowest BCUT2D eigenvalue weighted by Gasteiger charge is -2.34. The topological polar surface area (TPSA) is 59.2 Å². The minimum Gasteiger partial charge on any atom is -0.341 e. The lowest BCUT2D eigenvalue weighted by atomic mass is 9.91. The number of rotatable bonds is 4. The van der Waals surface area contributed by atoms with Gasteiger partial charge in [0.1, 0.15) is 5.82 Å². The van der Waals surface area contributed by atoms with E-state index in [1.165, 1.54) is 12.1 Å². The Morgan fingerprint density at radius 2 is 2.00 bits per heavy atom. The number of hydrogen-bond donors (Lipinski definition) is 0. The second-order valence-corrected chi connectivity index (χ2v) is 9.06. The molecule has 30 heavy (non-hydrogen) atoms. The number of carbonyl (C=O) groups is 1. The monoisotopic (exact) mass is 469 g/mol. The molecule has 1 saturated carbocycles. The number of nitrogens with zero attached hydrogens (tertiary/aromatic N) is 3. The maximum Gasteiger partial charge on any atom is 0.233 e. The third-order valence-electron chi connectivity index (χ3n) is 6.14. The molecule has 0 bridgehead atoms. The van der Waals surface area contributed by atoms with Crippen molar-refractivity contribution < 1.29 is 13.7 Å². The van der Waals surface area contributed by atoms with Crippen molar-refractivity contribution in [3.63, 3.8) is 0 Å². The highest BCUT2D eigenvalue weighted by atomic mass is 79.9. The van der Waals surface area contributed by atoms with Crippen LogP contribution in [0, 0.1) is 5.82 Å². The Hall–Kier alpha value is -2.54. The van der Waals surface area contributed by atoms with Crippen molar-refractivity contribution in [1.29, 1.82) is 0 Å². The summed E-state index contributed by atoms with van der Waals surface area (Å²) in [5, 5.41) is 4.03. The highest BCUT2D eigenvalue weighted by molar-refractivity contribution is 9.10. The van der Waals surface area contributed by atoms with Crippen molar-refractivity contribution in [2.24, 2.45) is 0 Å². The maximum absolute atomic E-state index is 13.5. The van der Waals surface area contributed by atoms with E-state index in [1.807, 2.05) is 29.2 Å². The van der Waals surface area contributed by atoms with Gasteiger partial charge in [0, 0.05) is 23.1 Å². The van der Waals surface area contributed by atoms with Crippen LogP contribution >= 0.6 is 15.9 Å². The average Bonchev–Trinajstić information content (AvgIpc) is 3.42. The van der Waals surface area contributed by atoms with Crippen LogP contribution in [0.4, 0.5) is 4.39 Å². The third kappa shape index (κ3) is 3.55. The molecule has 2 aromatic carbocycles. The van der Waals surface area contributed by atoms with Gasteiger partial charge in [-0.25, -0.2) is 4.39 Å². The van der Waals surface area contributed by atoms with Crippen LogP contribution in [0.15, 0.2) is 57.5 Å². The molecule has 5 nitrogen and oxygen atoms in total. The van der Waals surface area contributed by atoms with E-state index in [2.05, 4.69) is 26.1 Å². The first-order valence-electron chi connectivity index (χ1n) is 10.2. The number of carbonyl (C=O) groups excluding carboxylic acids is 1. The summed E-state index contributed by atoms with van der Waals surface area (Å²) < 4.78 is 20.0. The van der Waals surface area contributed by atoms with Crippen molar-refractivity contribution in [1.82, 2.24) is 15.0 Å². The SMILES string of the molecule is O=C(N1CCC[C@H](c2nc(-c3cccc(F)c3)no2)C1)C1(c2ccc(Br)cc2)CC1. The predicted octanol–water partition coefficient (Wildman–Crippen LogP) is 5.08. The first-order valence-corrected chi connectivity index (χ1v) is 11.0. The second kappa shape index (κ2) is 7.61. The molecule has 2 heterocycles. The molecule has 2 aliphatic rings. The van der Waals surface area contributed by atoms with Gasteiger partial charge in [0.25, 0.3) is 0 Å². The largest absolute Gasteiger partial charge is 0.341 e. The van der Waals surface area contributed by atoms with Crippen LogP contribution in [0.2, 0.25) is 0 Å². The Labute approximate surface area is 182 Å². The average molecular weight is 470 g/mol. The van der Waals surface area contributed by atoms with E-state index in [4.69, 9.17) is 4.52 Å². The molecular weight excluding hydrogens is 449 g/mol. The first kappa shape index (κ1) is 19.4. The normalized spacial score (nSPS) is 20.2. The van der Waals surface area contributed by atoms with Gasteiger partial charge < -0.3 is 9.42 Å². The molecule has 154 valence electrons. The van der Waals surface area contributed by atoms with Gasteiger partial charge in [-0.05, 0) is 55.5 Å². The molecule has 1 amide bonds. The first-order chi connectivity index (χ1) is 14.5. The third-order valence-corrected chi connectivity index (χ3v) is 6.67. The number of halogens is 2. The molecule has 0 spiro atoms. The van der Waals surface area contributed by atoms with Gasteiger partial charge in [-0.2, -0.15) is 4.98 Å². The van der Waals surface area contributed by atoms with Crippen molar-refractivity contribution >= 4 is 21.8 Å². The number of piperidine rings is 1. The second-order valence-electron chi connectivity index (χ2n) is 8.15. The standard InChI is InChI=1S/C23H21BrFN3O2/c24-18-8-6-17(7-9-18)23(10-11-23)22(29)28-12-2-4-16(14-28)21-26-20(27-30-21)15-3-1-5-19(25)13-15/h1,3,5-9,13,16H,2,4,10-12,14H2/t16-/m0/s1. The van der Waals surface area contributed by atoms with Crippen LogP contribution < -0.4 is 0 Å². The predicted molar refractivity (Wildman–Crippen MR) is 113 cm³/mol. The molecule has 1 aliphatic heterocycles. The number of benzene rings is 2. The fourth-order valence-corrected chi connectivity index (χ4v) is 4.60. The Morgan fingerprint density at radius 3 is 2.73 bits per heavy atom. The van der Waals surface area contributed by atoms with Crippen LogP contribution in [0.5, 0.6) is 0 Å². The number of aromatic nitrogens is 2. The highest BCUT2D eigenvalue weighted by Crippen LogP contribution is 2.50. The van der Waals surface area contributed by atoms with Gasteiger partial charge in [-0.3, -0.25) is 4.79 Å². The molecule has 0 N–H and O–H groups in total. The molecule has 1 saturated heterocycles. The van der Waals surface area contributed by atoms with Crippen molar-refractivity contribution in [2.75, 3.05) is 13.1 Å². The van der Waals surface area contributed by atoms with Gasteiger partial charge >= 0.3 is 0 Å². The van der Waals surface area contributed by atoms with Crippen LogP contribution in [-0.4, -0.2) is 34.0 Å². The summed E-state index contributed by atoms with van der Waals surface area (Å²) in [6.45, 7) is 1.32. The lowest BCUT2D eigenvalue weighted by molar-refractivity contribution is -0.135. The zero-order valence-electron chi connectivity index (χ0n) is 16.4. The molecule has 3 aromatic rings. The molecule has 0 unspecified atom stereocenters. The molecule has 5 rings (SSSR count). The van der Waals surface area contributed by atoms with Gasteiger partial charge in [-0.1, -0.05) is 45.4 Å². The number of amides is 1. The summed E-state index contributed by atoms with van der Waals surface area (Å²) in [5.41, 5.74) is 1.29. The summed E-state index contributed by atoms with van der Waals surface area (Å²) >= 11 is 3.46. The fraction of sp³-hybridized carbons (Fsp3) is 0.348. The lowest BCUT2D eigenvalue weighted by Crippen LogP contribution is -2.44. The Kier molecular flexibility index (Phi) is 4.93. The van der Waals surface area contributed by atoms with E-state index in [0.717, 1.165) is 42.3 Å². The van der Waals surface area contributed by atoms with Crippen LogP contribution in [0.3, 0.4) is 0 Å². The molecule has 1 atom stereocenters. The number of likely N-dealkylation sites (tertiary alicyclic amines) is 1. The molecule has 1 aliphatic carbocycles. The van der Waals surface area contributed by atoms with Gasteiger partial charge in [0.2, 0.25) is 17.6 Å². The fourth-order valence-electron chi connectivity index (χ4n) is 4.33. The molecule has 7 heteroatoms. The number of hydrogen-bond acceptors (Lipinski definition) is 4. The smallest absolute Gasteiger partial charge is 0.233 e. The van der Waals surface area contributed by atoms with E-state index in [9.17, 15) is 9.18 Å². The van der Waals surface area contributed by atoms with Crippen molar-refractivity contribution in [3.05, 3.63) is 70.3 Å². The minimum absolute atomic E-state index is 0.00164.